The third-order valence-corrected chi connectivity index (χ3v) is 3.49. The second-order valence-corrected chi connectivity index (χ2v) is 4.91. The maximum Gasteiger partial charge on any atom is 0.253 e. The van der Waals surface area contributed by atoms with Crippen molar-refractivity contribution in [2.75, 3.05) is 7.11 Å². The van der Waals surface area contributed by atoms with Crippen LogP contribution in [0.3, 0.4) is 0 Å². The summed E-state index contributed by atoms with van der Waals surface area (Å²) in [6.07, 6.45) is 1.70. The summed E-state index contributed by atoms with van der Waals surface area (Å²) in [5, 5.41) is 3.88. The van der Waals surface area contributed by atoms with E-state index in [1.165, 1.54) is 0 Å². The fraction of sp³-hybridized carbons (Fsp3) is 0.111. The Hall–Kier alpha value is -2.88. The Labute approximate surface area is 128 Å². The lowest BCUT2D eigenvalue weighted by molar-refractivity contribution is 0.0952. The normalized spacial score (nSPS) is 10.4. The van der Waals surface area contributed by atoms with E-state index in [9.17, 15) is 4.79 Å². The average Bonchev–Trinajstić information content (AvgIpc) is 2.59. The molecule has 3 aromatic rings. The molecule has 3 rings (SSSR count). The molecular weight excluding hydrogens is 276 g/mol. The Balaban J connectivity index is 1.75. The van der Waals surface area contributed by atoms with Gasteiger partial charge in [0.05, 0.1) is 18.2 Å². The third-order valence-electron chi connectivity index (χ3n) is 3.49. The number of carbonyl (C=O) groups is 1. The van der Waals surface area contributed by atoms with E-state index in [-0.39, 0.29) is 5.91 Å². The van der Waals surface area contributed by atoms with E-state index < -0.39 is 0 Å². The van der Waals surface area contributed by atoms with Crippen LogP contribution in [0.1, 0.15) is 15.9 Å². The van der Waals surface area contributed by atoms with Gasteiger partial charge < -0.3 is 10.1 Å². The number of rotatable bonds is 4. The van der Waals surface area contributed by atoms with Gasteiger partial charge in [-0.05, 0) is 29.8 Å². The highest BCUT2D eigenvalue weighted by Gasteiger charge is 2.10. The Morgan fingerprint density at radius 2 is 1.86 bits per heavy atom. The van der Waals surface area contributed by atoms with E-state index in [0.717, 1.165) is 22.2 Å². The van der Waals surface area contributed by atoms with Gasteiger partial charge in [-0.3, -0.25) is 9.78 Å². The van der Waals surface area contributed by atoms with Gasteiger partial charge in [0.2, 0.25) is 0 Å². The SMILES string of the molecule is COc1ccc(CNC(=O)c2cccc3cccnc23)cc1. The Morgan fingerprint density at radius 3 is 2.64 bits per heavy atom. The van der Waals surface area contributed by atoms with Crippen LogP contribution in [0.25, 0.3) is 10.9 Å². The molecule has 0 atom stereocenters. The van der Waals surface area contributed by atoms with Crippen molar-refractivity contribution in [3.8, 4) is 5.75 Å². The summed E-state index contributed by atoms with van der Waals surface area (Å²) in [5.74, 6) is 0.674. The second-order valence-electron chi connectivity index (χ2n) is 4.91. The molecule has 1 N–H and O–H groups in total. The number of hydrogen-bond donors (Lipinski definition) is 1. The van der Waals surface area contributed by atoms with Crippen LogP contribution in [0.2, 0.25) is 0 Å². The first-order chi connectivity index (χ1) is 10.8. The van der Waals surface area contributed by atoms with Crippen LogP contribution >= 0.6 is 0 Å². The van der Waals surface area contributed by atoms with Crippen molar-refractivity contribution < 1.29 is 9.53 Å². The molecule has 0 fully saturated rings. The number of fused-ring (bicyclic) bond motifs is 1. The van der Waals surface area contributed by atoms with Crippen molar-refractivity contribution in [2.45, 2.75) is 6.54 Å². The van der Waals surface area contributed by atoms with E-state index in [0.29, 0.717) is 12.1 Å². The fourth-order valence-corrected chi connectivity index (χ4v) is 2.31. The predicted octanol–water partition coefficient (Wildman–Crippen LogP) is 3.17. The molecular formula is C18H16N2O2. The number of amides is 1. The Morgan fingerprint density at radius 1 is 1.09 bits per heavy atom. The van der Waals surface area contributed by atoms with Crippen LogP contribution in [0.5, 0.6) is 5.75 Å². The zero-order valence-electron chi connectivity index (χ0n) is 12.2. The van der Waals surface area contributed by atoms with Crippen molar-refractivity contribution >= 4 is 16.8 Å². The van der Waals surface area contributed by atoms with Gasteiger partial charge in [-0.2, -0.15) is 0 Å². The molecule has 1 heterocycles. The maximum absolute atomic E-state index is 12.4. The second kappa shape index (κ2) is 6.26. The molecule has 0 aliphatic heterocycles. The first-order valence-electron chi connectivity index (χ1n) is 7.03. The molecule has 1 aromatic heterocycles. The van der Waals surface area contributed by atoms with Gasteiger partial charge in [0.1, 0.15) is 5.75 Å². The first-order valence-corrected chi connectivity index (χ1v) is 7.03. The standard InChI is InChI=1S/C18H16N2O2/c1-22-15-9-7-13(8-10-15)12-20-18(21)16-6-2-4-14-5-3-11-19-17(14)16/h2-11H,12H2,1H3,(H,20,21). The number of carbonyl (C=O) groups excluding carboxylic acids is 1. The molecule has 110 valence electrons. The number of nitrogens with zero attached hydrogens (tertiary/aromatic N) is 1. The lowest BCUT2D eigenvalue weighted by atomic mass is 10.1. The highest BCUT2D eigenvalue weighted by atomic mass is 16.5. The summed E-state index contributed by atoms with van der Waals surface area (Å²) in [5.41, 5.74) is 2.33. The highest BCUT2D eigenvalue weighted by Crippen LogP contribution is 2.16. The van der Waals surface area contributed by atoms with Crippen LogP contribution in [-0.4, -0.2) is 18.0 Å². The molecule has 22 heavy (non-hydrogen) atoms. The number of aromatic nitrogens is 1. The number of benzene rings is 2. The number of methoxy groups -OCH3 is 1. The molecule has 0 bridgehead atoms. The van der Waals surface area contributed by atoms with Gasteiger partial charge in [-0.15, -0.1) is 0 Å². The number of nitrogens with one attached hydrogen (secondary N) is 1. The van der Waals surface area contributed by atoms with Crippen LogP contribution in [0, 0.1) is 0 Å². The minimum atomic E-state index is -0.125. The van der Waals surface area contributed by atoms with Crippen molar-refractivity contribution in [3.05, 3.63) is 71.9 Å². The molecule has 0 radical (unpaired) electrons. The summed E-state index contributed by atoms with van der Waals surface area (Å²) in [6, 6.07) is 17.0. The largest absolute Gasteiger partial charge is 0.497 e. The Kier molecular flexibility index (Phi) is 4.01. The number of pyridine rings is 1. The van der Waals surface area contributed by atoms with Gasteiger partial charge in [0, 0.05) is 18.1 Å². The van der Waals surface area contributed by atoms with Crippen molar-refractivity contribution in [2.24, 2.45) is 0 Å². The van der Waals surface area contributed by atoms with Gasteiger partial charge >= 0.3 is 0 Å². The number of ether oxygens (including phenoxy) is 1. The summed E-state index contributed by atoms with van der Waals surface area (Å²) >= 11 is 0. The van der Waals surface area contributed by atoms with Crippen LogP contribution in [0.4, 0.5) is 0 Å². The van der Waals surface area contributed by atoms with E-state index in [2.05, 4.69) is 10.3 Å². The zero-order chi connectivity index (χ0) is 15.4. The van der Waals surface area contributed by atoms with Crippen LogP contribution in [-0.2, 0) is 6.54 Å². The van der Waals surface area contributed by atoms with Crippen molar-refractivity contribution in [1.82, 2.24) is 10.3 Å². The van der Waals surface area contributed by atoms with E-state index in [4.69, 9.17) is 4.74 Å². The predicted molar refractivity (Wildman–Crippen MR) is 85.9 cm³/mol. The zero-order valence-corrected chi connectivity index (χ0v) is 12.2. The summed E-state index contributed by atoms with van der Waals surface area (Å²) in [6.45, 7) is 0.464. The quantitative estimate of drug-likeness (QED) is 0.803. The van der Waals surface area contributed by atoms with E-state index in [1.807, 2.05) is 48.5 Å². The number of para-hydroxylation sites is 1. The monoisotopic (exact) mass is 292 g/mol. The molecule has 4 nitrogen and oxygen atoms in total. The smallest absolute Gasteiger partial charge is 0.253 e. The third kappa shape index (κ3) is 2.91. The minimum absolute atomic E-state index is 0.125. The Bertz CT molecular complexity index is 792. The summed E-state index contributed by atoms with van der Waals surface area (Å²) in [7, 11) is 1.63. The van der Waals surface area contributed by atoms with Gasteiger partial charge in [0.15, 0.2) is 0 Å². The van der Waals surface area contributed by atoms with Crippen molar-refractivity contribution in [3.63, 3.8) is 0 Å². The van der Waals surface area contributed by atoms with E-state index in [1.54, 1.807) is 19.4 Å². The molecule has 0 saturated carbocycles. The van der Waals surface area contributed by atoms with Crippen molar-refractivity contribution in [1.29, 1.82) is 0 Å². The average molecular weight is 292 g/mol. The number of hydrogen-bond acceptors (Lipinski definition) is 3. The van der Waals surface area contributed by atoms with Crippen LogP contribution in [0.15, 0.2) is 60.8 Å². The molecule has 4 heteroatoms. The highest BCUT2D eigenvalue weighted by molar-refractivity contribution is 6.05. The fourth-order valence-electron chi connectivity index (χ4n) is 2.31. The lowest BCUT2D eigenvalue weighted by Gasteiger charge is -2.08. The van der Waals surface area contributed by atoms with Gasteiger partial charge in [-0.1, -0.05) is 30.3 Å². The topological polar surface area (TPSA) is 51.2 Å². The van der Waals surface area contributed by atoms with Gasteiger partial charge in [0.25, 0.3) is 5.91 Å². The lowest BCUT2D eigenvalue weighted by Crippen LogP contribution is -2.23. The molecule has 1 amide bonds. The van der Waals surface area contributed by atoms with Gasteiger partial charge in [-0.25, -0.2) is 0 Å². The molecule has 0 saturated heterocycles. The summed E-state index contributed by atoms with van der Waals surface area (Å²) in [4.78, 5) is 16.7. The maximum atomic E-state index is 12.4. The molecule has 0 unspecified atom stereocenters. The molecule has 0 aliphatic rings. The van der Waals surface area contributed by atoms with Crippen LogP contribution < -0.4 is 10.1 Å². The first kappa shape index (κ1) is 14.1. The molecule has 0 spiro atoms. The molecule has 2 aromatic carbocycles. The minimum Gasteiger partial charge on any atom is -0.497 e. The molecule has 0 aliphatic carbocycles. The van der Waals surface area contributed by atoms with E-state index >= 15 is 0 Å². The summed E-state index contributed by atoms with van der Waals surface area (Å²) < 4.78 is 5.12.